The molecule has 1 aliphatic rings. The van der Waals surface area contributed by atoms with Crippen LogP contribution in [0.5, 0.6) is 5.75 Å². The number of hydrogen-bond acceptors (Lipinski definition) is 4. The summed E-state index contributed by atoms with van der Waals surface area (Å²) in [6.45, 7) is 3.96. The molecule has 1 aliphatic heterocycles. The Bertz CT molecular complexity index is 735. The second-order valence-corrected chi connectivity index (χ2v) is 5.82. The van der Waals surface area contributed by atoms with Crippen LogP contribution in [0.3, 0.4) is 0 Å². The molecule has 0 saturated carbocycles. The van der Waals surface area contributed by atoms with Crippen LogP contribution in [-0.2, 0) is 15.1 Å². The van der Waals surface area contributed by atoms with E-state index in [0.29, 0.717) is 5.90 Å². The molecule has 0 fully saturated rings. The monoisotopic (exact) mass is 309 g/mol. The van der Waals surface area contributed by atoms with Gasteiger partial charge in [-0.15, -0.1) is 0 Å². The van der Waals surface area contributed by atoms with E-state index in [1.165, 1.54) is 0 Å². The summed E-state index contributed by atoms with van der Waals surface area (Å²) in [5.74, 6) is 0.754. The van der Waals surface area contributed by atoms with Crippen LogP contribution in [0, 0.1) is 5.92 Å². The first kappa shape index (κ1) is 15.3. The van der Waals surface area contributed by atoms with E-state index >= 15 is 0 Å². The zero-order valence-corrected chi connectivity index (χ0v) is 13.4. The lowest BCUT2D eigenvalue weighted by molar-refractivity contribution is -0.141. The van der Waals surface area contributed by atoms with E-state index in [1.54, 1.807) is 7.11 Å². The molecule has 0 amide bonds. The van der Waals surface area contributed by atoms with E-state index in [0.717, 1.165) is 16.9 Å². The van der Waals surface area contributed by atoms with Crippen molar-refractivity contribution < 1.29 is 14.3 Å². The molecule has 0 saturated heterocycles. The molecule has 0 aliphatic carbocycles. The van der Waals surface area contributed by atoms with E-state index in [-0.39, 0.29) is 11.9 Å². The predicted molar refractivity (Wildman–Crippen MR) is 88.6 cm³/mol. The van der Waals surface area contributed by atoms with Crippen molar-refractivity contribution in [2.45, 2.75) is 19.4 Å². The van der Waals surface area contributed by atoms with Gasteiger partial charge in [-0.2, -0.15) is 0 Å². The number of cyclic esters (lactones) is 1. The van der Waals surface area contributed by atoms with E-state index in [4.69, 9.17) is 14.5 Å². The van der Waals surface area contributed by atoms with E-state index in [1.807, 2.05) is 68.4 Å². The number of methoxy groups -OCH3 is 1. The highest BCUT2D eigenvalue weighted by atomic mass is 16.6. The number of hydrogen-bond donors (Lipinski definition) is 0. The fourth-order valence-electron chi connectivity index (χ4n) is 2.82. The first-order valence-corrected chi connectivity index (χ1v) is 7.60. The maximum Gasteiger partial charge on any atom is 0.345 e. The summed E-state index contributed by atoms with van der Waals surface area (Å²) >= 11 is 0. The van der Waals surface area contributed by atoms with Crippen LogP contribution < -0.4 is 4.74 Å². The van der Waals surface area contributed by atoms with Crippen LogP contribution in [0.15, 0.2) is 59.6 Å². The van der Waals surface area contributed by atoms with Gasteiger partial charge in [0, 0.05) is 5.56 Å². The Balaban J connectivity index is 2.07. The summed E-state index contributed by atoms with van der Waals surface area (Å²) in [4.78, 5) is 17.4. The standard InChI is InChI=1S/C19H19NO3/c1-13(2)19(15-7-5-4-6-8-15)18(21)23-17(20-19)14-9-11-16(22-3)12-10-14/h4-13H,1-3H3/t19-/m1/s1. The molecule has 0 unspecified atom stereocenters. The Morgan fingerprint density at radius 2 is 1.70 bits per heavy atom. The number of aliphatic imine (C=N–C) groups is 1. The summed E-state index contributed by atoms with van der Waals surface area (Å²) in [6.07, 6.45) is 0. The third-order valence-electron chi connectivity index (χ3n) is 4.16. The smallest absolute Gasteiger partial charge is 0.345 e. The largest absolute Gasteiger partial charge is 0.497 e. The minimum absolute atomic E-state index is 0.0202. The Morgan fingerprint density at radius 1 is 1.04 bits per heavy atom. The van der Waals surface area contributed by atoms with Crippen LogP contribution in [0.2, 0.25) is 0 Å². The third kappa shape index (κ3) is 2.50. The number of carbonyl (C=O) groups is 1. The molecule has 23 heavy (non-hydrogen) atoms. The van der Waals surface area contributed by atoms with Crippen molar-refractivity contribution >= 4 is 11.9 Å². The van der Waals surface area contributed by atoms with Gasteiger partial charge >= 0.3 is 5.97 Å². The topological polar surface area (TPSA) is 47.9 Å². The fourth-order valence-corrected chi connectivity index (χ4v) is 2.82. The van der Waals surface area contributed by atoms with Crippen molar-refractivity contribution in [2.24, 2.45) is 10.9 Å². The molecule has 0 spiro atoms. The first-order valence-electron chi connectivity index (χ1n) is 7.60. The van der Waals surface area contributed by atoms with Crippen molar-refractivity contribution in [3.05, 3.63) is 65.7 Å². The van der Waals surface area contributed by atoms with Crippen LogP contribution in [0.25, 0.3) is 0 Å². The van der Waals surface area contributed by atoms with Gasteiger partial charge in [-0.25, -0.2) is 9.79 Å². The highest BCUT2D eigenvalue weighted by Gasteiger charge is 2.50. The Kier molecular flexibility index (Phi) is 3.90. The van der Waals surface area contributed by atoms with Crippen LogP contribution in [0.4, 0.5) is 0 Å². The highest BCUT2D eigenvalue weighted by Crippen LogP contribution is 2.40. The maximum atomic E-state index is 12.7. The van der Waals surface area contributed by atoms with Gasteiger partial charge in [0.2, 0.25) is 5.90 Å². The second kappa shape index (κ2) is 5.88. The van der Waals surface area contributed by atoms with E-state index in [2.05, 4.69) is 0 Å². The molecule has 2 aromatic rings. The second-order valence-electron chi connectivity index (χ2n) is 5.82. The molecule has 0 aromatic heterocycles. The van der Waals surface area contributed by atoms with Crippen molar-refractivity contribution in [2.75, 3.05) is 7.11 Å². The quantitative estimate of drug-likeness (QED) is 0.812. The van der Waals surface area contributed by atoms with Crippen molar-refractivity contribution in [1.29, 1.82) is 0 Å². The number of carbonyl (C=O) groups excluding carboxylic acids is 1. The lowest BCUT2D eigenvalue weighted by Crippen LogP contribution is -2.36. The molecule has 3 rings (SSSR count). The summed E-state index contributed by atoms with van der Waals surface area (Å²) in [7, 11) is 1.61. The predicted octanol–water partition coefficient (Wildman–Crippen LogP) is 3.55. The van der Waals surface area contributed by atoms with Crippen LogP contribution in [-0.4, -0.2) is 19.0 Å². The number of rotatable bonds is 4. The fraction of sp³-hybridized carbons (Fsp3) is 0.263. The molecule has 4 heteroatoms. The number of esters is 1. The summed E-state index contributed by atoms with van der Waals surface area (Å²) in [5.41, 5.74) is 0.623. The van der Waals surface area contributed by atoms with Crippen LogP contribution >= 0.6 is 0 Å². The average molecular weight is 309 g/mol. The zero-order valence-electron chi connectivity index (χ0n) is 13.4. The van der Waals surface area contributed by atoms with Crippen molar-refractivity contribution in [3.63, 3.8) is 0 Å². The number of ether oxygens (including phenoxy) is 2. The SMILES string of the molecule is COc1ccc(C2=N[C@@](c3ccccc3)(C(C)C)C(=O)O2)cc1. The molecule has 4 nitrogen and oxygen atoms in total. The van der Waals surface area contributed by atoms with Gasteiger partial charge in [0.05, 0.1) is 7.11 Å². The van der Waals surface area contributed by atoms with Gasteiger partial charge in [-0.3, -0.25) is 0 Å². The van der Waals surface area contributed by atoms with Gasteiger partial charge in [0.25, 0.3) is 0 Å². The normalized spacial score (nSPS) is 20.3. The molecule has 1 atom stereocenters. The summed E-state index contributed by atoms with van der Waals surface area (Å²) in [6, 6.07) is 16.9. The first-order chi connectivity index (χ1) is 11.1. The highest BCUT2D eigenvalue weighted by molar-refractivity contribution is 6.08. The van der Waals surface area contributed by atoms with E-state index < -0.39 is 5.54 Å². The van der Waals surface area contributed by atoms with Crippen molar-refractivity contribution in [3.8, 4) is 5.75 Å². The number of nitrogens with zero attached hydrogens (tertiary/aromatic N) is 1. The Hall–Kier alpha value is -2.62. The van der Waals surface area contributed by atoms with E-state index in [9.17, 15) is 4.79 Å². The van der Waals surface area contributed by atoms with Gasteiger partial charge in [-0.05, 0) is 35.7 Å². The summed E-state index contributed by atoms with van der Waals surface area (Å²) in [5, 5.41) is 0. The maximum absolute atomic E-state index is 12.7. The van der Waals surface area contributed by atoms with Gasteiger partial charge < -0.3 is 9.47 Å². The molecular formula is C19H19NO3. The Labute approximate surface area is 135 Å². The zero-order chi connectivity index (χ0) is 16.4. The molecule has 2 aromatic carbocycles. The number of benzene rings is 2. The average Bonchev–Trinajstić information content (AvgIpc) is 2.94. The molecular weight excluding hydrogens is 290 g/mol. The molecule has 118 valence electrons. The molecule has 1 heterocycles. The minimum Gasteiger partial charge on any atom is -0.497 e. The molecule has 0 radical (unpaired) electrons. The van der Waals surface area contributed by atoms with Gasteiger partial charge in [-0.1, -0.05) is 44.2 Å². The van der Waals surface area contributed by atoms with Gasteiger partial charge in [0.15, 0.2) is 5.54 Å². The van der Waals surface area contributed by atoms with Crippen LogP contribution in [0.1, 0.15) is 25.0 Å². The third-order valence-corrected chi connectivity index (χ3v) is 4.16. The van der Waals surface area contributed by atoms with Gasteiger partial charge in [0.1, 0.15) is 5.75 Å². The lowest BCUT2D eigenvalue weighted by atomic mass is 9.81. The molecule has 0 N–H and O–H groups in total. The summed E-state index contributed by atoms with van der Waals surface area (Å²) < 4.78 is 10.7. The lowest BCUT2D eigenvalue weighted by Gasteiger charge is -2.26. The van der Waals surface area contributed by atoms with Crippen molar-refractivity contribution in [1.82, 2.24) is 0 Å². The Morgan fingerprint density at radius 3 is 2.26 bits per heavy atom. The molecule has 0 bridgehead atoms. The minimum atomic E-state index is -0.990.